The van der Waals surface area contributed by atoms with Crippen LogP contribution < -0.4 is 5.32 Å². The molecule has 0 aromatic carbocycles. The molecule has 1 aliphatic rings. The number of rotatable bonds is 5. The van der Waals surface area contributed by atoms with Crippen molar-refractivity contribution in [2.24, 2.45) is 0 Å². The first-order valence-corrected chi connectivity index (χ1v) is 9.99. The SMILES string of the molecule is CNc1ncccc1CN1CCCCC1c1[nH]ncc1S(C)(=O)=O. The first-order chi connectivity index (χ1) is 11.5. The minimum atomic E-state index is -3.29. The highest BCUT2D eigenvalue weighted by atomic mass is 32.2. The fourth-order valence-electron chi connectivity index (χ4n) is 3.34. The molecule has 0 aliphatic carbocycles. The van der Waals surface area contributed by atoms with Gasteiger partial charge in [0.2, 0.25) is 0 Å². The van der Waals surface area contributed by atoms with Gasteiger partial charge in [0.05, 0.1) is 17.9 Å². The molecule has 1 saturated heterocycles. The molecule has 1 unspecified atom stereocenters. The van der Waals surface area contributed by atoms with Gasteiger partial charge in [0.1, 0.15) is 10.7 Å². The summed E-state index contributed by atoms with van der Waals surface area (Å²) in [5.74, 6) is 0.856. The Kier molecular flexibility index (Phi) is 4.86. The van der Waals surface area contributed by atoms with Gasteiger partial charge in [-0.2, -0.15) is 5.10 Å². The lowest BCUT2D eigenvalue weighted by atomic mass is 9.98. The van der Waals surface area contributed by atoms with Crippen LogP contribution in [0.4, 0.5) is 5.82 Å². The maximum Gasteiger partial charge on any atom is 0.178 e. The van der Waals surface area contributed by atoms with Crippen LogP contribution in [0, 0.1) is 0 Å². The number of aromatic amines is 1. The summed E-state index contributed by atoms with van der Waals surface area (Å²) in [6.07, 6.45) is 7.51. The number of pyridine rings is 1. The topological polar surface area (TPSA) is 91.0 Å². The summed E-state index contributed by atoms with van der Waals surface area (Å²) in [5.41, 5.74) is 1.81. The molecule has 130 valence electrons. The summed E-state index contributed by atoms with van der Waals surface area (Å²) in [5, 5.41) is 10.0. The van der Waals surface area contributed by atoms with Crippen LogP contribution in [-0.4, -0.2) is 48.3 Å². The average molecular weight is 349 g/mol. The molecule has 2 N–H and O–H groups in total. The number of anilines is 1. The van der Waals surface area contributed by atoms with Crippen molar-refractivity contribution >= 4 is 15.7 Å². The van der Waals surface area contributed by atoms with Gasteiger partial charge in [-0.1, -0.05) is 12.5 Å². The van der Waals surface area contributed by atoms with Crippen LogP contribution in [0.2, 0.25) is 0 Å². The molecule has 0 saturated carbocycles. The summed E-state index contributed by atoms with van der Waals surface area (Å²) < 4.78 is 24.0. The van der Waals surface area contributed by atoms with Crippen LogP contribution >= 0.6 is 0 Å². The second kappa shape index (κ2) is 6.90. The molecule has 3 rings (SSSR count). The molecule has 8 heteroatoms. The van der Waals surface area contributed by atoms with Gasteiger partial charge < -0.3 is 5.32 Å². The number of aromatic nitrogens is 3. The minimum absolute atomic E-state index is 0.0240. The van der Waals surface area contributed by atoms with Crippen molar-refractivity contribution in [1.82, 2.24) is 20.1 Å². The number of nitrogens with one attached hydrogen (secondary N) is 2. The van der Waals surface area contributed by atoms with Crippen molar-refractivity contribution in [3.63, 3.8) is 0 Å². The van der Waals surface area contributed by atoms with E-state index in [4.69, 9.17) is 0 Å². The zero-order chi connectivity index (χ0) is 17.2. The Morgan fingerprint density at radius 1 is 1.42 bits per heavy atom. The largest absolute Gasteiger partial charge is 0.373 e. The van der Waals surface area contributed by atoms with E-state index in [1.807, 2.05) is 13.1 Å². The minimum Gasteiger partial charge on any atom is -0.373 e. The molecule has 0 spiro atoms. The normalized spacial score (nSPS) is 19.3. The second-order valence-electron chi connectivity index (χ2n) is 6.16. The van der Waals surface area contributed by atoms with E-state index in [0.717, 1.165) is 43.7 Å². The van der Waals surface area contributed by atoms with E-state index in [1.54, 1.807) is 6.20 Å². The van der Waals surface area contributed by atoms with Crippen LogP contribution in [0.5, 0.6) is 0 Å². The van der Waals surface area contributed by atoms with E-state index in [0.29, 0.717) is 10.6 Å². The van der Waals surface area contributed by atoms with E-state index >= 15 is 0 Å². The third-order valence-corrected chi connectivity index (χ3v) is 5.60. The number of nitrogens with zero attached hydrogens (tertiary/aromatic N) is 3. The van der Waals surface area contributed by atoms with Crippen molar-refractivity contribution in [3.05, 3.63) is 35.8 Å². The van der Waals surface area contributed by atoms with E-state index in [1.165, 1.54) is 12.5 Å². The van der Waals surface area contributed by atoms with Crippen molar-refractivity contribution < 1.29 is 8.42 Å². The molecular formula is C16H23N5O2S. The zero-order valence-corrected chi connectivity index (χ0v) is 14.8. The van der Waals surface area contributed by atoms with Gasteiger partial charge in [0.15, 0.2) is 9.84 Å². The average Bonchev–Trinajstić information content (AvgIpc) is 3.06. The van der Waals surface area contributed by atoms with Gasteiger partial charge in [-0.25, -0.2) is 13.4 Å². The monoisotopic (exact) mass is 349 g/mol. The van der Waals surface area contributed by atoms with Crippen LogP contribution in [0.3, 0.4) is 0 Å². The molecule has 0 bridgehead atoms. The Bertz CT molecular complexity index is 802. The Balaban J connectivity index is 1.91. The molecule has 3 heterocycles. The van der Waals surface area contributed by atoms with Gasteiger partial charge in [-0.15, -0.1) is 0 Å². The fraction of sp³-hybridized carbons (Fsp3) is 0.500. The molecule has 1 fully saturated rings. The summed E-state index contributed by atoms with van der Waals surface area (Å²) in [4.78, 5) is 6.97. The van der Waals surface area contributed by atoms with E-state index in [-0.39, 0.29) is 6.04 Å². The predicted molar refractivity (Wildman–Crippen MR) is 92.5 cm³/mol. The van der Waals surface area contributed by atoms with Crippen molar-refractivity contribution in [2.75, 3.05) is 25.2 Å². The Morgan fingerprint density at radius 3 is 3.00 bits per heavy atom. The Morgan fingerprint density at radius 2 is 2.25 bits per heavy atom. The van der Waals surface area contributed by atoms with Gasteiger partial charge >= 0.3 is 0 Å². The Labute approximate surface area is 142 Å². The third-order valence-electron chi connectivity index (χ3n) is 4.48. The number of sulfone groups is 1. The molecular weight excluding hydrogens is 326 g/mol. The van der Waals surface area contributed by atoms with E-state index in [9.17, 15) is 8.42 Å². The summed E-state index contributed by atoms with van der Waals surface area (Å²) in [7, 11) is -1.44. The molecule has 7 nitrogen and oxygen atoms in total. The number of piperidine rings is 1. The number of H-pyrrole nitrogens is 1. The maximum absolute atomic E-state index is 12.0. The maximum atomic E-state index is 12.0. The fourth-order valence-corrected chi connectivity index (χ4v) is 4.16. The lowest BCUT2D eigenvalue weighted by Gasteiger charge is -2.35. The van der Waals surface area contributed by atoms with Crippen molar-refractivity contribution in [2.45, 2.75) is 36.7 Å². The van der Waals surface area contributed by atoms with Crippen LogP contribution in [-0.2, 0) is 16.4 Å². The molecule has 0 amide bonds. The van der Waals surface area contributed by atoms with Gasteiger partial charge in [-0.3, -0.25) is 10.00 Å². The highest BCUT2D eigenvalue weighted by molar-refractivity contribution is 7.90. The van der Waals surface area contributed by atoms with Gasteiger partial charge in [0.25, 0.3) is 0 Å². The molecule has 24 heavy (non-hydrogen) atoms. The highest BCUT2D eigenvalue weighted by Gasteiger charge is 2.30. The number of hydrogen-bond donors (Lipinski definition) is 2. The van der Waals surface area contributed by atoms with Crippen LogP contribution in [0.1, 0.15) is 36.6 Å². The molecule has 0 radical (unpaired) electrons. The van der Waals surface area contributed by atoms with Crippen LogP contribution in [0.15, 0.2) is 29.4 Å². The highest BCUT2D eigenvalue weighted by Crippen LogP contribution is 2.34. The molecule has 2 aromatic heterocycles. The number of likely N-dealkylation sites (tertiary alicyclic amines) is 1. The quantitative estimate of drug-likeness (QED) is 0.858. The first kappa shape index (κ1) is 16.9. The van der Waals surface area contributed by atoms with Crippen LogP contribution in [0.25, 0.3) is 0 Å². The van der Waals surface area contributed by atoms with Gasteiger partial charge in [0, 0.05) is 31.6 Å². The third kappa shape index (κ3) is 3.44. The van der Waals surface area contributed by atoms with Gasteiger partial charge in [-0.05, 0) is 25.5 Å². The predicted octanol–water partition coefficient (Wildman–Crippen LogP) is 1.98. The zero-order valence-electron chi connectivity index (χ0n) is 14.0. The second-order valence-corrected chi connectivity index (χ2v) is 8.15. The smallest absolute Gasteiger partial charge is 0.178 e. The first-order valence-electron chi connectivity index (χ1n) is 8.09. The summed E-state index contributed by atoms with van der Waals surface area (Å²) >= 11 is 0. The summed E-state index contributed by atoms with van der Waals surface area (Å²) in [6, 6.07) is 4.00. The number of hydrogen-bond acceptors (Lipinski definition) is 6. The van der Waals surface area contributed by atoms with Crippen molar-refractivity contribution in [1.29, 1.82) is 0 Å². The molecule has 1 aliphatic heterocycles. The lowest BCUT2D eigenvalue weighted by molar-refractivity contribution is 0.135. The van der Waals surface area contributed by atoms with E-state index in [2.05, 4.69) is 31.5 Å². The van der Waals surface area contributed by atoms with E-state index < -0.39 is 9.84 Å². The summed E-state index contributed by atoms with van der Waals surface area (Å²) in [6.45, 7) is 1.64. The Hall–Kier alpha value is -1.93. The lowest BCUT2D eigenvalue weighted by Crippen LogP contribution is -2.34. The molecule has 1 atom stereocenters. The molecule has 2 aromatic rings. The standard InChI is InChI=1S/C16H23N5O2S/c1-17-16-12(6-5-8-18-16)11-21-9-4-3-7-13(21)15-14(10-19-20-15)24(2,22)23/h5-6,8,10,13H,3-4,7,9,11H2,1-2H3,(H,17,18)(H,19,20). The van der Waals surface area contributed by atoms with Crippen molar-refractivity contribution in [3.8, 4) is 0 Å².